The molecule has 0 aliphatic carbocycles. The molecule has 0 unspecified atom stereocenters. The second-order valence-corrected chi connectivity index (χ2v) is 4.88. The van der Waals surface area contributed by atoms with Crippen molar-refractivity contribution in [3.63, 3.8) is 0 Å². The van der Waals surface area contributed by atoms with Gasteiger partial charge in [0.05, 0.1) is 5.69 Å². The van der Waals surface area contributed by atoms with E-state index >= 15 is 0 Å². The average Bonchev–Trinajstić information content (AvgIpc) is 2.46. The lowest BCUT2D eigenvalue weighted by Gasteiger charge is -2.31. The van der Waals surface area contributed by atoms with Crippen LogP contribution in [0.25, 0.3) is 0 Å². The molecule has 0 amide bonds. The van der Waals surface area contributed by atoms with Gasteiger partial charge in [-0.15, -0.1) is 0 Å². The molecule has 20 heavy (non-hydrogen) atoms. The van der Waals surface area contributed by atoms with Crippen LogP contribution in [0.1, 0.15) is 21.5 Å². The minimum atomic E-state index is -1.23. The number of nitrogens with zero attached hydrogens (tertiary/aromatic N) is 1. The van der Waals surface area contributed by atoms with Crippen LogP contribution in [0.5, 0.6) is 0 Å². The van der Waals surface area contributed by atoms with E-state index in [2.05, 4.69) is 6.07 Å². The van der Waals surface area contributed by atoms with Gasteiger partial charge in [-0.05, 0) is 29.7 Å². The summed E-state index contributed by atoms with van der Waals surface area (Å²) < 4.78 is 13.7. The summed E-state index contributed by atoms with van der Waals surface area (Å²) in [5.74, 6) is -1.91. The standard InChI is InChI=1S/C16H14FNO2/c17-13-6-3-7-14(15(13)16(19)20)18-9-8-11-4-1-2-5-12(11)10-18/h1-7H,8-10H2,(H,19,20). The minimum absolute atomic E-state index is 0.244. The highest BCUT2D eigenvalue weighted by Crippen LogP contribution is 2.28. The summed E-state index contributed by atoms with van der Waals surface area (Å²) in [6.45, 7) is 1.31. The van der Waals surface area contributed by atoms with Gasteiger partial charge < -0.3 is 10.0 Å². The smallest absolute Gasteiger partial charge is 0.340 e. The van der Waals surface area contributed by atoms with E-state index in [1.54, 1.807) is 12.1 Å². The fourth-order valence-corrected chi connectivity index (χ4v) is 2.69. The molecule has 0 saturated heterocycles. The first-order chi connectivity index (χ1) is 9.66. The van der Waals surface area contributed by atoms with Crippen molar-refractivity contribution in [1.29, 1.82) is 0 Å². The highest BCUT2D eigenvalue weighted by atomic mass is 19.1. The van der Waals surface area contributed by atoms with Crippen molar-refractivity contribution in [2.75, 3.05) is 11.4 Å². The van der Waals surface area contributed by atoms with Gasteiger partial charge in [0.2, 0.25) is 0 Å². The second-order valence-electron chi connectivity index (χ2n) is 4.88. The summed E-state index contributed by atoms with van der Waals surface area (Å²) in [6, 6.07) is 12.5. The molecular weight excluding hydrogens is 257 g/mol. The largest absolute Gasteiger partial charge is 0.478 e. The Balaban J connectivity index is 2.00. The predicted molar refractivity (Wildman–Crippen MR) is 74.6 cm³/mol. The molecule has 3 rings (SSSR count). The van der Waals surface area contributed by atoms with Crippen molar-refractivity contribution >= 4 is 11.7 Å². The maximum Gasteiger partial charge on any atom is 0.340 e. The van der Waals surface area contributed by atoms with Gasteiger partial charge in [-0.2, -0.15) is 0 Å². The van der Waals surface area contributed by atoms with Crippen LogP contribution in [0.15, 0.2) is 42.5 Å². The molecule has 0 radical (unpaired) electrons. The molecule has 0 bridgehead atoms. The number of hydrogen-bond donors (Lipinski definition) is 1. The van der Waals surface area contributed by atoms with Gasteiger partial charge in [0, 0.05) is 13.1 Å². The van der Waals surface area contributed by atoms with Crippen LogP contribution in [-0.2, 0) is 13.0 Å². The Kier molecular flexibility index (Phi) is 3.14. The van der Waals surface area contributed by atoms with E-state index in [9.17, 15) is 14.3 Å². The normalized spacial score (nSPS) is 13.9. The monoisotopic (exact) mass is 271 g/mol. The maximum absolute atomic E-state index is 13.7. The summed E-state index contributed by atoms with van der Waals surface area (Å²) in [4.78, 5) is 13.2. The van der Waals surface area contributed by atoms with Crippen LogP contribution in [0.4, 0.5) is 10.1 Å². The number of benzene rings is 2. The van der Waals surface area contributed by atoms with Gasteiger partial charge in [0.1, 0.15) is 11.4 Å². The highest BCUT2D eigenvalue weighted by molar-refractivity contribution is 5.94. The number of hydrogen-bond acceptors (Lipinski definition) is 2. The molecule has 0 saturated carbocycles. The van der Waals surface area contributed by atoms with Crippen molar-refractivity contribution in [2.24, 2.45) is 0 Å². The van der Waals surface area contributed by atoms with Gasteiger partial charge >= 0.3 is 5.97 Å². The molecule has 4 heteroatoms. The Morgan fingerprint density at radius 1 is 1.10 bits per heavy atom. The number of carboxylic acid groups (broad SMARTS) is 1. The molecular formula is C16H14FNO2. The van der Waals surface area contributed by atoms with Crippen molar-refractivity contribution < 1.29 is 14.3 Å². The molecule has 2 aromatic carbocycles. The molecule has 1 N–H and O–H groups in total. The van der Waals surface area contributed by atoms with Crippen LogP contribution in [-0.4, -0.2) is 17.6 Å². The Labute approximate surface area is 116 Å². The summed E-state index contributed by atoms with van der Waals surface area (Å²) in [6.07, 6.45) is 0.839. The van der Waals surface area contributed by atoms with Gasteiger partial charge in [-0.25, -0.2) is 9.18 Å². The number of rotatable bonds is 2. The average molecular weight is 271 g/mol. The Morgan fingerprint density at radius 2 is 1.85 bits per heavy atom. The van der Waals surface area contributed by atoms with Gasteiger partial charge in [-0.3, -0.25) is 0 Å². The fraction of sp³-hybridized carbons (Fsp3) is 0.188. The molecule has 102 valence electrons. The number of fused-ring (bicyclic) bond motifs is 1. The molecule has 1 heterocycles. The fourth-order valence-electron chi connectivity index (χ4n) is 2.69. The van der Waals surface area contributed by atoms with Crippen LogP contribution in [0, 0.1) is 5.82 Å². The number of aromatic carboxylic acids is 1. The molecule has 0 fully saturated rings. The van der Waals surface area contributed by atoms with Crippen LogP contribution >= 0.6 is 0 Å². The van der Waals surface area contributed by atoms with Crippen LogP contribution in [0.2, 0.25) is 0 Å². The quantitative estimate of drug-likeness (QED) is 0.912. The van der Waals surface area contributed by atoms with Crippen molar-refractivity contribution in [3.8, 4) is 0 Å². The molecule has 3 nitrogen and oxygen atoms in total. The summed E-state index contributed by atoms with van der Waals surface area (Å²) in [5.41, 5.74) is 2.65. The number of anilines is 1. The second kappa shape index (κ2) is 4.96. The lowest BCUT2D eigenvalue weighted by Crippen LogP contribution is -2.31. The predicted octanol–water partition coefficient (Wildman–Crippen LogP) is 3.09. The first-order valence-electron chi connectivity index (χ1n) is 6.50. The van der Waals surface area contributed by atoms with E-state index < -0.39 is 11.8 Å². The summed E-state index contributed by atoms with van der Waals surface area (Å²) in [7, 11) is 0. The van der Waals surface area contributed by atoms with Crippen LogP contribution in [0.3, 0.4) is 0 Å². The third kappa shape index (κ3) is 2.13. The third-order valence-electron chi connectivity index (χ3n) is 3.68. The Hall–Kier alpha value is -2.36. The summed E-state index contributed by atoms with van der Waals surface area (Å²) in [5, 5.41) is 9.21. The van der Waals surface area contributed by atoms with Crippen molar-refractivity contribution in [1.82, 2.24) is 0 Å². The Morgan fingerprint density at radius 3 is 2.60 bits per heavy atom. The van der Waals surface area contributed by atoms with E-state index in [0.29, 0.717) is 18.8 Å². The molecule has 0 atom stereocenters. The van der Waals surface area contributed by atoms with Gasteiger partial charge in [-0.1, -0.05) is 30.3 Å². The maximum atomic E-state index is 13.7. The zero-order chi connectivity index (χ0) is 14.1. The minimum Gasteiger partial charge on any atom is -0.478 e. The van der Waals surface area contributed by atoms with Crippen molar-refractivity contribution in [3.05, 3.63) is 65.0 Å². The lowest BCUT2D eigenvalue weighted by atomic mass is 9.98. The van der Waals surface area contributed by atoms with Gasteiger partial charge in [0.25, 0.3) is 0 Å². The van der Waals surface area contributed by atoms with E-state index in [-0.39, 0.29) is 5.56 Å². The number of halogens is 1. The van der Waals surface area contributed by atoms with E-state index in [4.69, 9.17) is 0 Å². The molecule has 1 aliphatic rings. The number of carbonyl (C=O) groups is 1. The van der Waals surface area contributed by atoms with E-state index in [1.807, 2.05) is 23.1 Å². The first-order valence-corrected chi connectivity index (χ1v) is 6.50. The van der Waals surface area contributed by atoms with Gasteiger partial charge in [0.15, 0.2) is 0 Å². The zero-order valence-corrected chi connectivity index (χ0v) is 10.8. The third-order valence-corrected chi connectivity index (χ3v) is 3.68. The molecule has 0 aromatic heterocycles. The highest BCUT2D eigenvalue weighted by Gasteiger charge is 2.23. The van der Waals surface area contributed by atoms with Crippen LogP contribution < -0.4 is 4.90 Å². The Bertz CT molecular complexity index is 669. The first kappa shape index (κ1) is 12.7. The van der Waals surface area contributed by atoms with Crippen molar-refractivity contribution in [2.45, 2.75) is 13.0 Å². The topological polar surface area (TPSA) is 40.5 Å². The summed E-state index contributed by atoms with van der Waals surface area (Å²) >= 11 is 0. The molecule has 2 aromatic rings. The lowest BCUT2D eigenvalue weighted by molar-refractivity contribution is 0.0692. The molecule has 0 spiro atoms. The number of carboxylic acids is 1. The molecule has 1 aliphatic heterocycles. The van der Waals surface area contributed by atoms with E-state index in [1.165, 1.54) is 17.2 Å². The van der Waals surface area contributed by atoms with E-state index in [0.717, 1.165) is 6.42 Å². The zero-order valence-electron chi connectivity index (χ0n) is 10.8. The SMILES string of the molecule is O=C(O)c1c(F)cccc1N1CCc2ccccc2C1.